The van der Waals surface area contributed by atoms with Gasteiger partial charge in [-0.15, -0.1) is 0 Å². The standard InChI is InChI=1S/C19H19F3N2O2/c1-12-3-2-4-14(9-12)10-16(18(23)26)24-17(25)11-13-5-7-15(8-6-13)19(20,21)22/h2-9,16H,10-11H2,1H3,(H2,23,26)(H,24,25)/t16-/m0/s1. The molecule has 0 aliphatic rings. The molecular formula is C19H19F3N2O2. The van der Waals surface area contributed by atoms with E-state index in [4.69, 9.17) is 5.73 Å². The average molecular weight is 364 g/mol. The number of aryl methyl sites for hydroxylation is 1. The van der Waals surface area contributed by atoms with Crippen molar-refractivity contribution >= 4 is 11.8 Å². The predicted molar refractivity (Wildman–Crippen MR) is 91.2 cm³/mol. The molecular weight excluding hydrogens is 345 g/mol. The average Bonchev–Trinajstić information content (AvgIpc) is 2.53. The monoisotopic (exact) mass is 364 g/mol. The van der Waals surface area contributed by atoms with Gasteiger partial charge in [0.25, 0.3) is 0 Å². The number of nitrogens with two attached hydrogens (primary N) is 1. The van der Waals surface area contributed by atoms with E-state index in [1.54, 1.807) is 0 Å². The van der Waals surface area contributed by atoms with E-state index in [9.17, 15) is 22.8 Å². The molecule has 2 aromatic rings. The number of rotatable bonds is 6. The Bertz CT molecular complexity index is 786. The first-order chi connectivity index (χ1) is 12.1. The van der Waals surface area contributed by atoms with Gasteiger partial charge in [0.15, 0.2) is 0 Å². The van der Waals surface area contributed by atoms with Crippen molar-refractivity contribution in [2.24, 2.45) is 5.73 Å². The zero-order valence-electron chi connectivity index (χ0n) is 14.1. The summed E-state index contributed by atoms with van der Waals surface area (Å²) in [5, 5.41) is 2.54. The fourth-order valence-electron chi connectivity index (χ4n) is 2.54. The maximum atomic E-state index is 12.5. The molecule has 3 N–H and O–H groups in total. The second kappa shape index (κ2) is 8.03. The van der Waals surface area contributed by atoms with Gasteiger partial charge >= 0.3 is 6.18 Å². The summed E-state index contributed by atoms with van der Waals surface area (Å²) in [5.74, 6) is -1.16. The molecule has 2 aromatic carbocycles. The molecule has 0 aromatic heterocycles. The maximum Gasteiger partial charge on any atom is 0.416 e. The number of hydrogen-bond donors (Lipinski definition) is 2. The van der Waals surface area contributed by atoms with Crippen molar-refractivity contribution in [1.82, 2.24) is 5.32 Å². The number of primary amides is 1. The van der Waals surface area contributed by atoms with Crippen LogP contribution >= 0.6 is 0 Å². The topological polar surface area (TPSA) is 72.2 Å². The van der Waals surface area contributed by atoms with Gasteiger partial charge in [0.2, 0.25) is 11.8 Å². The van der Waals surface area contributed by atoms with E-state index in [-0.39, 0.29) is 12.8 Å². The van der Waals surface area contributed by atoms with Crippen LogP contribution in [0.1, 0.15) is 22.3 Å². The SMILES string of the molecule is Cc1cccc(C[C@H](NC(=O)Cc2ccc(C(F)(F)F)cc2)C(N)=O)c1. The van der Waals surface area contributed by atoms with Crippen LogP contribution in [-0.2, 0) is 28.6 Å². The molecule has 0 bridgehead atoms. The van der Waals surface area contributed by atoms with Crippen LogP contribution in [0.15, 0.2) is 48.5 Å². The third kappa shape index (κ3) is 5.61. The van der Waals surface area contributed by atoms with Gasteiger partial charge in [-0.25, -0.2) is 0 Å². The Morgan fingerprint density at radius 1 is 1.08 bits per heavy atom. The molecule has 26 heavy (non-hydrogen) atoms. The summed E-state index contributed by atoms with van der Waals surface area (Å²) in [6.45, 7) is 1.91. The molecule has 0 saturated heterocycles. The number of benzene rings is 2. The largest absolute Gasteiger partial charge is 0.416 e. The van der Waals surface area contributed by atoms with Gasteiger partial charge in [-0.1, -0.05) is 42.0 Å². The van der Waals surface area contributed by atoms with Crippen molar-refractivity contribution in [3.63, 3.8) is 0 Å². The summed E-state index contributed by atoms with van der Waals surface area (Å²) >= 11 is 0. The molecule has 7 heteroatoms. The van der Waals surface area contributed by atoms with E-state index in [0.29, 0.717) is 5.56 Å². The van der Waals surface area contributed by atoms with Crippen LogP contribution in [-0.4, -0.2) is 17.9 Å². The van der Waals surface area contributed by atoms with Crippen molar-refractivity contribution in [3.8, 4) is 0 Å². The van der Waals surface area contributed by atoms with Crippen LogP contribution in [0.25, 0.3) is 0 Å². The summed E-state index contributed by atoms with van der Waals surface area (Å²) < 4.78 is 37.6. The molecule has 2 amide bonds. The molecule has 0 radical (unpaired) electrons. The minimum atomic E-state index is -4.42. The lowest BCUT2D eigenvalue weighted by Crippen LogP contribution is -2.46. The molecule has 0 spiro atoms. The van der Waals surface area contributed by atoms with Crippen molar-refractivity contribution in [1.29, 1.82) is 0 Å². The minimum Gasteiger partial charge on any atom is -0.368 e. The molecule has 0 aliphatic carbocycles. The van der Waals surface area contributed by atoms with Gasteiger partial charge in [0.05, 0.1) is 12.0 Å². The fraction of sp³-hybridized carbons (Fsp3) is 0.263. The van der Waals surface area contributed by atoms with Crippen LogP contribution in [0.4, 0.5) is 13.2 Å². The van der Waals surface area contributed by atoms with Crippen molar-refractivity contribution in [2.45, 2.75) is 32.0 Å². The number of halogens is 3. The van der Waals surface area contributed by atoms with E-state index in [1.807, 2.05) is 31.2 Å². The smallest absolute Gasteiger partial charge is 0.368 e. The number of nitrogens with one attached hydrogen (secondary N) is 1. The van der Waals surface area contributed by atoms with Gasteiger partial charge in [0.1, 0.15) is 6.04 Å². The summed E-state index contributed by atoms with van der Waals surface area (Å²) in [7, 11) is 0. The lowest BCUT2D eigenvalue weighted by molar-refractivity contribution is -0.137. The minimum absolute atomic E-state index is 0.143. The van der Waals surface area contributed by atoms with E-state index in [2.05, 4.69) is 5.32 Å². The molecule has 0 fully saturated rings. The molecule has 0 unspecified atom stereocenters. The van der Waals surface area contributed by atoms with Crippen molar-refractivity contribution < 1.29 is 22.8 Å². The first-order valence-electron chi connectivity index (χ1n) is 7.95. The normalized spacial score (nSPS) is 12.5. The second-order valence-corrected chi connectivity index (χ2v) is 6.09. The van der Waals surface area contributed by atoms with Crippen LogP contribution in [0, 0.1) is 6.92 Å². The maximum absolute atomic E-state index is 12.5. The van der Waals surface area contributed by atoms with Crippen molar-refractivity contribution in [2.75, 3.05) is 0 Å². The Labute approximate surface area is 149 Å². The number of carbonyl (C=O) groups is 2. The number of alkyl halides is 3. The third-order valence-electron chi connectivity index (χ3n) is 3.85. The third-order valence-corrected chi connectivity index (χ3v) is 3.85. The molecule has 2 rings (SSSR count). The van der Waals surface area contributed by atoms with Crippen LogP contribution in [0.5, 0.6) is 0 Å². The number of hydrogen-bond acceptors (Lipinski definition) is 2. The highest BCUT2D eigenvalue weighted by atomic mass is 19.4. The Kier molecular flexibility index (Phi) is 6.02. The van der Waals surface area contributed by atoms with Crippen LogP contribution in [0.2, 0.25) is 0 Å². The van der Waals surface area contributed by atoms with Crippen molar-refractivity contribution in [3.05, 3.63) is 70.8 Å². The zero-order chi connectivity index (χ0) is 19.3. The molecule has 138 valence electrons. The van der Waals surface area contributed by atoms with E-state index < -0.39 is 29.6 Å². The molecule has 0 saturated carbocycles. The highest BCUT2D eigenvalue weighted by Gasteiger charge is 2.30. The molecule has 0 aliphatic heterocycles. The Balaban J connectivity index is 2.00. The van der Waals surface area contributed by atoms with E-state index in [0.717, 1.165) is 23.3 Å². The summed E-state index contributed by atoms with van der Waals surface area (Å²) in [6, 6.07) is 10.9. The summed E-state index contributed by atoms with van der Waals surface area (Å²) in [4.78, 5) is 23.7. The quantitative estimate of drug-likeness (QED) is 0.827. The van der Waals surface area contributed by atoms with Gasteiger partial charge in [-0.3, -0.25) is 9.59 Å². The number of amides is 2. The summed E-state index contributed by atoms with van der Waals surface area (Å²) in [6.07, 6.45) is -4.32. The van der Waals surface area contributed by atoms with Gasteiger partial charge in [-0.2, -0.15) is 13.2 Å². The molecule has 0 heterocycles. The highest BCUT2D eigenvalue weighted by molar-refractivity contribution is 5.87. The van der Waals surface area contributed by atoms with E-state index >= 15 is 0 Å². The predicted octanol–water partition coefficient (Wildman–Crippen LogP) is 2.77. The molecule has 4 nitrogen and oxygen atoms in total. The van der Waals surface area contributed by atoms with Gasteiger partial charge in [-0.05, 0) is 30.2 Å². The first-order valence-corrected chi connectivity index (χ1v) is 7.95. The first kappa shape index (κ1) is 19.5. The lowest BCUT2D eigenvalue weighted by atomic mass is 10.0. The number of carbonyl (C=O) groups excluding carboxylic acids is 2. The second-order valence-electron chi connectivity index (χ2n) is 6.09. The zero-order valence-corrected chi connectivity index (χ0v) is 14.1. The highest BCUT2D eigenvalue weighted by Crippen LogP contribution is 2.29. The van der Waals surface area contributed by atoms with Gasteiger partial charge < -0.3 is 11.1 Å². The van der Waals surface area contributed by atoms with Crippen LogP contribution < -0.4 is 11.1 Å². The summed E-state index contributed by atoms with van der Waals surface area (Å²) in [5.41, 5.74) is 6.85. The van der Waals surface area contributed by atoms with E-state index in [1.165, 1.54) is 12.1 Å². The Hall–Kier alpha value is -2.83. The Morgan fingerprint density at radius 2 is 1.73 bits per heavy atom. The fourth-order valence-corrected chi connectivity index (χ4v) is 2.54. The molecule has 1 atom stereocenters. The lowest BCUT2D eigenvalue weighted by Gasteiger charge is -2.16. The Morgan fingerprint density at radius 3 is 2.27 bits per heavy atom. The van der Waals surface area contributed by atoms with Crippen LogP contribution in [0.3, 0.4) is 0 Å². The van der Waals surface area contributed by atoms with Gasteiger partial charge in [0, 0.05) is 6.42 Å².